The number of cyclic esters (lactones) is 1. The van der Waals surface area contributed by atoms with Crippen LogP contribution in [0, 0.1) is 40.9 Å². The smallest absolute Gasteiger partial charge is 0.316 e. The summed E-state index contributed by atoms with van der Waals surface area (Å²) in [5, 5.41) is 3.08. The highest BCUT2D eigenvalue weighted by molar-refractivity contribution is 5.85. The van der Waals surface area contributed by atoms with Crippen molar-refractivity contribution >= 4 is 17.9 Å². The molecule has 4 aliphatic rings. The van der Waals surface area contributed by atoms with Gasteiger partial charge >= 0.3 is 17.9 Å². The van der Waals surface area contributed by atoms with Crippen LogP contribution in [0.3, 0.4) is 0 Å². The van der Waals surface area contributed by atoms with Crippen molar-refractivity contribution in [3.63, 3.8) is 0 Å². The van der Waals surface area contributed by atoms with E-state index in [9.17, 15) is 14.4 Å². The number of hydrogen-bond donors (Lipinski definition) is 1. The summed E-state index contributed by atoms with van der Waals surface area (Å²) in [5.41, 5.74) is -1.21. The molecule has 4 rings (SSSR count). The van der Waals surface area contributed by atoms with Crippen LogP contribution in [0.1, 0.15) is 73.1 Å². The Morgan fingerprint density at radius 1 is 1.28 bits per heavy atom. The fourth-order valence-corrected chi connectivity index (χ4v) is 6.80. The van der Waals surface area contributed by atoms with Crippen LogP contribution >= 0.6 is 0 Å². The summed E-state index contributed by atoms with van der Waals surface area (Å²) in [6.45, 7) is 9.56. The zero-order valence-corrected chi connectivity index (χ0v) is 20.3. The molecule has 7 nitrogen and oxygen atoms in total. The van der Waals surface area contributed by atoms with Gasteiger partial charge in [-0.2, -0.15) is 0 Å². The van der Waals surface area contributed by atoms with Gasteiger partial charge in [-0.1, -0.05) is 13.8 Å². The lowest BCUT2D eigenvalue weighted by molar-refractivity contribution is -0.226. The van der Waals surface area contributed by atoms with Crippen molar-refractivity contribution in [1.29, 1.82) is 0 Å². The Labute approximate surface area is 191 Å². The van der Waals surface area contributed by atoms with Crippen molar-refractivity contribution in [1.82, 2.24) is 5.32 Å². The number of hydrogen-bond acceptors (Lipinski definition) is 7. The third kappa shape index (κ3) is 3.64. The first-order valence-electron chi connectivity index (χ1n) is 12.4. The van der Waals surface area contributed by atoms with Gasteiger partial charge in [0.2, 0.25) is 0 Å². The minimum atomic E-state index is -1.05. The lowest BCUT2D eigenvalue weighted by atomic mass is 9.80. The third-order valence-corrected chi connectivity index (χ3v) is 9.32. The van der Waals surface area contributed by atoms with E-state index in [1.54, 1.807) is 20.9 Å². The highest BCUT2D eigenvalue weighted by Crippen LogP contribution is 2.56. The Balaban J connectivity index is 1.53. The van der Waals surface area contributed by atoms with Gasteiger partial charge in [0, 0.05) is 12.0 Å². The van der Waals surface area contributed by atoms with Gasteiger partial charge in [0.25, 0.3) is 6.29 Å². The van der Waals surface area contributed by atoms with E-state index in [-0.39, 0.29) is 23.8 Å². The number of esters is 3. The van der Waals surface area contributed by atoms with E-state index in [1.807, 2.05) is 13.8 Å². The average Bonchev–Trinajstić information content (AvgIpc) is 3.43. The molecule has 0 radical (unpaired) electrons. The van der Waals surface area contributed by atoms with E-state index in [0.29, 0.717) is 18.3 Å². The van der Waals surface area contributed by atoms with Gasteiger partial charge in [-0.25, -0.2) is 0 Å². The minimum absolute atomic E-state index is 0.0180. The molecule has 3 aliphatic carbocycles. The number of carbonyl (C=O) groups excluding carboxylic acids is 3. The molecule has 32 heavy (non-hydrogen) atoms. The van der Waals surface area contributed by atoms with E-state index >= 15 is 0 Å². The molecule has 0 spiro atoms. The van der Waals surface area contributed by atoms with Crippen LogP contribution in [0.5, 0.6) is 0 Å². The second kappa shape index (κ2) is 8.30. The molecular formula is C25H39NO6. The van der Waals surface area contributed by atoms with Crippen LogP contribution < -0.4 is 5.32 Å². The lowest BCUT2D eigenvalue weighted by Gasteiger charge is -2.40. The van der Waals surface area contributed by atoms with Crippen LogP contribution in [0.15, 0.2) is 0 Å². The summed E-state index contributed by atoms with van der Waals surface area (Å²) in [7, 11) is 1.79. The first-order chi connectivity index (χ1) is 15.0. The van der Waals surface area contributed by atoms with E-state index in [4.69, 9.17) is 14.2 Å². The van der Waals surface area contributed by atoms with Crippen molar-refractivity contribution in [2.45, 2.75) is 91.1 Å². The monoisotopic (exact) mass is 449 g/mol. The predicted octanol–water partition coefficient (Wildman–Crippen LogP) is 3.45. The minimum Gasteiger partial charge on any atom is -0.459 e. The molecule has 4 bridgehead atoms. The number of ether oxygens (including phenoxy) is 3. The molecule has 9 atom stereocenters. The molecule has 1 aliphatic heterocycles. The molecule has 1 saturated heterocycles. The Morgan fingerprint density at radius 2 is 2.00 bits per heavy atom. The van der Waals surface area contributed by atoms with Crippen molar-refractivity contribution in [2.24, 2.45) is 40.9 Å². The summed E-state index contributed by atoms with van der Waals surface area (Å²) < 4.78 is 17.6. The van der Waals surface area contributed by atoms with E-state index in [0.717, 1.165) is 25.7 Å². The Hall–Kier alpha value is -1.63. The van der Waals surface area contributed by atoms with Gasteiger partial charge in [0.15, 0.2) is 0 Å². The highest BCUT2D eigenvalue weighted by atomic mass is 16.7. The summed E-state index contributed by atoms with van der Waals surface area (Å²) >= 11 is 0. The van der Waals surface area contributed by atoms with Gasteiger partial charge in [-0.15, -0.1) is 0 Å². The zero-order chi connectivity index (χ0) is 23.4. The highest BCUT2D eigenvalue weighted by Gasteiger charge is 2.61. The summed E-state index contributed by atoms with van der Waals surface area (Å²) in [6.07, 6.45) is 4.75. The zero-order valence-electron chi connectivity index (χ0n) is 20.3. The standard InChI is InChI=1S/C25H39NO6/c1-7-25(12-15-8-9-16(25)11-15)32-21(28)19-17-10-13(2)18(19)20(27)30-22(17)31-23(29)24(4,5)14(3)26-6/h13-19,22,26H,7-12H2,1-6H3. The van der Waals surface area contributed by atoms with Crippen LogP contribution in [-0.2, 0) is 28.6 Å². The molecule has 1 heterocycles. The third-order valence-electron chi connectivity index (χ3n) is 9.32. The number of nitrogens with one attached hydrogen (secondary N) is 1. The van der Waals surface area contributed by atoms with E-state index < -0.39 is 41.1 Å². The van der Waals surface area contributed by atoms with Gasteiger partial charge < -0.3 is 19.5 Å². The molecular weight excluding hydrogens is 410 g/mol. The molecule has 0 aromatic heterocycles. The van der Waals surface area contributed by atoms with Crippen LogP contribution in [0.25, 0.3) is 0 Å². The topological polar surface area (TPSA) is 90.9 Å². The van der Waals surface area contributed by atoms with E-state index in [2.05, 4.69) is 12.2 Å². The first-order valence-corrected chi connectivity index (χ1v) is 12.4. The molecule has 9 unspecified atom stereocenters. The molecule has 3 saturated carbocycles. The molecule has 0 amide bonds. The fourth-order valence-electron chi connectivity index (χ4n) is 6.80. The summed E-state index contributed by atoms with van der Waals surface area (Å²) in [6, 6.07) is -0.132. The molecule has 7 heteroatoms. The second-order valence-electron chi connectivity index (χ2n) is 11.3. The molecule has 180 valence electrons. The predicted molar refractivity (Wildman–Crippen MR) is 117 cm³/mol. The van der Waals surface area contributed by atoms with Gasteiger partial charge in [0.1, 0.15) is 5.60 Å². The molecule has 0 aromatic rings. The van der Waals surface area contributed by atoms with Crippen molar-refractivity contribution in [2.75, 3.05) is 7.05 Å². The molecule has 0 aromatic carbocycles. The number of fused-ring (bicyclic) bond motifs is 4. The summed E-state index contributed by atoms with van der Waals surface area (Å²) in [4.78, 5) is 39.4. The second-order valence-corrected chi connectivity index (χ2v) is 11.3. The quantitative estimate of drug-likeness (QED) is 0.595. The Bertz CT molecular complexity index is 780. The van der Waals surface area contributed by atoms with Crippen LogP contribution in [0.2, 0.25) is 0 Å². The number of rotatable bonds is 7. The largest absolute Gasteiger partial charge is 0.459 e. The van der Waals surface area contributed by atoms with Gasteiger partial charge in [-0.3, -0.25) is 14.4 Å². The van der Waals surface area contributed by atoms with Crippen molar-refractivity contribution < 1.29 is 28.6 Å². The normalized spacial score (nSPS) is 41.3. The molecule has 1 N–H and O–H groups in total. The van der Waals surface area contributed by atoms with Crippen molar-refractivity contribution in [3.05, 3.63) is 0 Å². The lowest BCUT2D eigenvalue weighted by Crippen LogP contribution is -2.51. The van der Waals surface area contributed by atoms with E-state index in [1.165, 1.54) is 6.42 Å². The molecule has 4 fully saturated rings. The first kappa shape index (κ1) is 23.5. The average molecular weight is 450 g/mol. The van der Waals surface area contributed by atoms with Crippen LogP contribution in [0.4, 0.5) is 0 Å². The SMILES string of the molecule is CCC1(OC(=O)C2C3CC(C)C2C(=O)OC3OC(=O)C(C)(C)C(C)NC)CC2CCC1C2. The maximum atomic E-state index is 13.5. The fraction of sp³-hybridized carbons (Fsp3) is 0.880. The van der Waals surface area contributed by atoms with Gasteiger partial charge in [0.05, 0.1) is 17.3 Å². The van der Waals surface area contributed by atoms with Gasteiger partial charge in [-0.05, 0) is 84.1 Å². The summed E-state index contributed by atoms with van der Waals surface area (Å²) in [5.74, 6) is -1.67. The van der Waals surface area contributed by atoms with Crippen LogP contribution in [-0.4, -0.2) is 42.9 Å². The maximum absolute atomic E-state index is 13.5. The Kier molecular flexibility index (Phi) is 6.10. The number of carbonyl (C=O) groups is 3. The maximum Gasteiger partial charge on any atom is 0.316 e. The van der Waals surface area contributed by atoms with Crippen molar-refractivity contribution in [3.8, 4) is 0 Å². The Morgan fingerprint density at radius 3 is 2.56 bits per heavy atom.